The van der Waals surface area contributed by atoms with Gasteiger partial charge in [-0.2, -0.15) is 0 Å². The van der Waals surface area contributed by atoms with E-state index < -0.39 is 0 Å². The molecule has 0 bridgehead atoms. The third-order valence-electron chi connectivity index (χ3n) is 4.85. The van der Waals surface area contributed by atoms with Crippen LogP contribution in [0.15, 0.2) is 28.6 Å². The standard InChI is InChI=1S/C19H21N3O2S2/c1-12-7-8-15(26-12)14-10-25-18-17(14)19(24)22(11-20-18)9-16(23)21-13-5-3-2-4-6-13/h7-8,10-11,13H,2-6,9H2,1H3,(H,21,23). The number of nitrogens with one attached hydrogen (secondary N) is 1. The molecule has 0 atom stereocenters. The number of amides is 1. The van der Waals surface area contributed by atoms with Crippen LogP contribution in [0, 0.1) is 6.92 Å². The van der Waals surface area contributed by atoms with E-state index in [-0.39, 0.29) is 24.1 Å². The third-order valence-corrected chi connectivity index (χ3v) is 6.77. The largest absolute Gasteiger partial charge is 0.352 e. The first-order valence-corrected chi connectivity index (χ1v) is 10.6. The second-order valence-corrected chi connectivity index (χ2v) is 8.97. The SMILES string of the molecule is Cc1ccc(-c2csc3ncn(CC(=O)NC4CCCCC4)c(=O)c23)s1. The van der Waals surface area contributed by atoms with Crippen molar-refractivity contribution in [3.8, 4) is 10.4 Å². The van der Waals surface area contributed by atoms with Crippen LogP contribution in [0.5, 0.6) is 0 Å². The Balaban J connectivity index is 1.61. The van der Waals surface area contributed by atoms with Crippen LogP contribution in [0.4, 0.5) is 0 Å². The Morgan fingerprint density at radius 3 is 2.85 bits per heavy atom. The quantitative estimate of drug-likeness (QED) is 0.737. The van der Waals surface area contributed by atoms with Gasteiger partial charge >= 0.3 is 0 Å². The summed E-state index contributed by atoms with van der Waals surface area (Å²) in [7, 11) is 0. The molecule has 3 aromatic rings. The van der Waals surface area contributed by atoms with Crippen LogP contribution in [0.2, 0.25) is 0 Å². The first-order valence-electron chi connectivity index (χ1n) is 8.94. The summed E-state index contributed by atoms with van der Waals surface area (Å²) in [6, 6.07) is 4.33. The van der Waals surface area contributed by atoms with Crippen molar-refractivity contribution < 1.29 is 4.79 Å². The minimum atomic E-state index is -0.143. The van der Waals surface area contributed by atoms with Crippen LogP contribution in [-0.4, -0.2) is 21.5 Å². The normalized spacial score (nSPS) is 15.4. The summed E-state index contributed by atoms with van der Waals surface area (Å²) >= 11 is 3.13. The fourth-order valence-electron chi connectivity index (χ4n) is 3.52. The van der Waals surface area contributed by atoms with E-state index in [1.165, 1.54) is 33.5 Å². The molecule has 5 nitrogen and oxygen atoms in total. The molecule has 0 saturated heterocycles. The summed E-state index contributed by atoms with van der Waals surface area (Å²) in [5.74, 6) is -0.108. The highest BCUT2D eigenvalue weighted by Crippen LogP contribution is 2.34. The Hall–Kier alpha value is -1.99. The Labute approximate surface area is 159 Å². The molecule has 1 saturated carbocycles. The topological polar surface area (TPSA) is 64.0 Å². The number of aryl methyl sites for hydroxylation is 1. The lowest BCUT2D eigenvalue weighted by molar-refractivity contribution is -0.122. The fourth-order valence-corrected chi connectivity index (χ4v) is 5.38. The van der Waals surface area contributed by atoms with Gasteiger partial charge in [-0.3, -0.25) is 14.2 Å². The zero-order valence-corrected chi connectivity index (χ0v) is 16.3. The molecule has 26 heavy (non-hydrogen) atoms. The fraction of sp³-hybridized carbons (Fsp3) is 0.421. The van der Waals surface area contributed by atoms with Gasteiger partial charge in [0.25, 0.3) is 5.56 Å². The highest BCUT2D eigenvalue weighted by Gasteiger charge is 2.18. The summed E-state index contributed by atoms with van der Waals surface area (Å²) in [6.45, 7) is 2.08. The molecule has 1 fully saturated rings. The second-order valence-electron chi connectivity index (χ2n) is 6.82. The van der Waals surface area contributed by atoms with E-state index in [0.717, 1.165) is 41.0 Å². The lowest BCUT2D eigenvalue weighted by atomic mass is 9.95. The predicted molar refractivity (Wildman–Crippen MR) is 107 cm³/mol. The number of hydrogen-bond donors (Lipinski definition) is 1. The van der Waals surface area contributed by atoms with Gasteiger partial charge in [0.15, 0.2) is 0 Å². The molecule has 0 spiro atoms. The van der Waals surface area contributed by atoms with E-state index in [4.69, 9.17) is 0 Å². The maximum atomic E-state index is 13.0. The van der Waals surface area contributed by atoms with Gasteiger partial charge in [0.2, 0.25) is 5.91 Å². The van der Waals surface area contributed by atoms with Gasteiger partial charge in [0.05, 0.1) is 11.7 Å². The average molecular weight is 388 g/mol. The van der Waals surface area contributed by atoms with Crippen LogP contribution in [0.1, 0.15) is 37.0 Å². The van der Waals surface area contributed by atoms with Gasteiger partial charge in [-0.25, -0.2) is 4.98 Å². The number of hydrogen-bond acceptors (Lipinski definition) is 5. The van der Waals surface area contributed by atoms with E-state index in [9.17, 15) is 9.59 Å². The summed E-state index contributed by atoms with van der Waals surface area (Å²) in [5.41, 5.74) is 0.777. The maximum absolute atomic E-state index is 13.0. The maximum Gasteiger partial charge on any atom is 0.263 e. The molecule has 0 unspecified atom stereocenters. The summed E-state index contributed by atoms with van der Waals surface area (Å²) in [4.78, 5) is 32.7. The average Bonchev–Trinajstić information content (AvgIpc) is 3.24. The molecule has 0 aliphatic heterocycles. The lowest BCUT2D eigenvalue weighted by Crippen LogP contribution is -2.39. The van der Waals surface area contributed by atoms with Gasteiger partial charge in [-0.1, -0.05) is 19.3 Å². The Kier molecular flexibility index (Phi) is 4.91. The minimum absolute atomic E-state index is 0.0248. The van der Waals surface area contributed by atoms with Crippen LogP contribution >= 0.6 is 22.7 Å². The van der Waals surface area contributed by atoms with Crippen molar-refractivity contribution >= 4 is 38.8 Å². The van der Waals surface area contributed by atoms with Crippen LogP contribution in [0.25, 0.3) is 20.7 Å². The highest BCUT2D eigenvalue weighted by molar-refractivity contribution is 7.19. The summed E-state index contributed by atoms with van der Waals surface area (Å²) < 4.78 is 1.43. The molecular formula is C19H21N3O2S2. The smallest absolute Gasteiger partial charge is 0.263 e. The van der Waals surface area contributed by atoms with Crippen molar-refractivity contribution in [2.75, 3.05) is 0 Å². The number of carbonyl (C=O) groups is 1. The number of nitrogens with zero attached hydrogens (tertiary/aromatic N) is 2. The first-order chi connectivity index (χ1) is 12.6. The van der Waals surface area contributed by atoms with Gasteiger partial charge < -0.3 is 5.32 Å². The molecule has 7 heteroatoms. The molecule has 136 valence electrons. The Bertz CT molecular complexity index is 996. The highest BCUT2D eigenvalue weighted by atomic mass is 32.1. The Morgan fingerprint density at radius 2 is 2.12 bits per heavy atom. The van der Waals surface area contributed by atoms with Gasteiger partial charge in [0.1, 0.15) is 11.4 Å². The van der Waals surface area contributed by atoms with Gasteiger partial charge in [0, 0.05) is 26.7 Å². The number of thiophene rings is 2. The van der Waals surface area contributed by atoms with E-state index in [1.54, 1.807) is 11.3 Å². The number of carbonyl (C=O) groups excluding carboxylic acids is 1. The molecule has 3 heterocycles. The first kappa shape index (κ1) is 17.4. The molecule has 1 aliphatic rings. The van der Waals surface area contributed by atoms with Crippen molar-refractivity contribution in [2.24, 2.45) is 0 Å². The number of aromatic nitrogens is 2. The number of fused-ring (bicyclic) bond motifs is 1. The monoisotopic (exact) mass is 387 g/mol. The predicted octanol–water partition coefficient (Wildman–Crippen LogP) is 3.94. The zero-order valence-electron chi connectivity index (χ0n) is 14.7. The molecule has 0 aromatic carbocycles. The van der Waals surface area contributed by atoms with Crippen LogP contribution in [0.3, 0.4) is 0 Å². The van der Waals surface area contributed by atoms with Gasteiger partial charge in [-0.05, 0) is 31.9 Å². The molecule has 4 rings (SSSR count). The van der Waals surface area contributed by atoms with Crippen molar-refractivity contribution in [3.05, 3.63) is 39.1 Å². The van der Waals surface area contributed by atoms with Crippen molar-refractivity contribution in [1.29, 1.82) is 0 Å². The third kappa shape index (κ3) is 3.46. The molecular weight excluding hydrogens is 366 g/mol. The van der Waals surface area contributed by atoms with E-state index >= 15 is 0 Å². The molecule has 1 N–H and O–H groups in total. The molecule has 1 amide bonds. The van der Waals surface area contributed by atoms with Crippen molar-refractivity contribution in [3.63, 3.8) is 0 Å². The molecule has 1 aliphatic carbocycles. The summed E-state index contributed by atoms with van der Waals surface area (Å²) in [5, 5.41) is 5.66. The van der Waals surface area contributed by atoms with Crippen molar-refractivity contribution in [2.45, 2.75) is 51.6 Å². The van der Waals surface area contributed by atoms with Gasteiger partial charge in [-0.15, -0.1) is 22.7 Å². The van der Waals surface area contributed by atoms with Crippen molar-refractivity contribution in [1.82, 2.24) is 14.9 Å². The van der Waals surface area contributed by atoms with Crippen LogP contribution < -0.4 is 10.9 Å². The molecule has 3 aromatic heterocycles. The van der Waals surface area contributed by atoms with Crippen LogP contribution in [-0.2, 0) is 11.3 Å². The summed E-state index contributed by atoms with van der Waals surface area (Å²) in [6.07, 6.45) is 7.13. The van der Waals surface area contributed by atoms with E-state index in [1.807, 2.05) is 11.4 Å². The number of rotatable bonds is 4. The minimum Gasteiger partial charge on any atom is -0.352 e. The molecule has 0 radical (unpaired) electrons. The second kappa shape index (κ2) is 7.32. The Morgan fingerprint density at radius 1 is 1.31 bits per heavy atom. The van der Waals surface area contributed by atoms with E-state index in [2.05, 4.69) is 23.3 Å². The van der Waals surface area contributed by atoms with E-state index in [0.29, 0.717) is 5.39 Å². The zero-order chi connectivity index (χ0) is 18.1. The lowest BCUT2D eigenvalue weighted by Gasteiger charge is -2.22.